The van der Waals surface area contributed by atoms with Crippen LogP contribution in [0.1, 0.15) is 12.8 Å². The van der Waals surface area contributed by atoms with Gasteiger partial charge in [-0.3, -0.25) is 0 Å². The van der Waals surface area contributed by atoms with E-state index in [0.29, 0.717) is 5.92 Å². The van der Waals surface area contributed by atoms with Gasteiger partial charge in [0.05, 0.1) is 6.61 Å². The maximum absolute atomic E-state index is 12.7. The summed E-state index contributed by atoms with van der Waals surface area (Å²) in [5.41, 5.74) is 6.15. The molecule has 2 atom stereocenters. The number of rotatable bonds is 4. The fourth-order valence-electron chi connectivity index (χ4n) is 1.96. The third-order valence-corrected chi connectivity index (χ3v) is 4.21. The van der Waals surface area contributed by atoms with Crippen molar-refractivity contribution in [2.24, 2.45) is 11.7 Å². The van der Waals surface area contributed by atoms with Gasteiger partial charge >= 0.3 is 0 Å². The number of halogens is 1. The highest BCUT2D eigenvalue weighted by atomic mass is 32.2. The van der Waals surface area contributed by atoms with Gasteiger partial charge in [-0.2, -0.15) is 0 Å². The highest BCUT2D eigenvalue weighted by Crippen LogP contribution is 2.23. The van der Waals surface area contributed by atoms with Crippen LogP contribution in [0.25, 0.3) is 0 Å². The Kier molecular flexibility index (Phi) is 4.83. The topological polar surface area (TPSA) is 35.2 Å². The molecule has 0 aromatic heterocycles. The van der Waals surface area contributed by atoms with Crippen LogP contribution in [0.15, 0.2) is 29.2 Å². The molecule has 94 valence electrons. The molecule has 17 heavy (non-hydrogen) atoms. The van der Waals surface area contributed by atoms with Crippen molar-refractivity contribution in [3.63, 3.8) is 0 Å². The maximum atomic E-state index is 12.7. The smallest absolute Gasteiger partial charge is 0.123 e. The van der Waals surface area contributed by atoms with Gasteiger partial charge in [0.25, 0.3) is 0 Å². The normalized spacial score (nSPS) is 22.4. The van der Waals surface area contributed by atoms with Crippen LogP contribution in [0.5, 0.6) is 0 Å². The first-order valence-corrected chi connectivity index (χ1v) is 6.96. The van der Waals surface area contributed by atoms with Gasteiger partial charge in [-0.1, -0.05) is 0 Å². The quantitative estimate of drug-likeness (QED) is 0.840. The summed E-state index contributed by atoms with van der Waals surface area (Å²) in [6, 6.07) is 6.72. The predicted molar refractivity (Wildman–Crippen MR) is 68.6 cm³/mol. The summed E-state index contributed by atoms with van der Waals surface area (Å²) >= 11 is 1.68. The highest BCUT2D eigenvalue weighted by Gasteiger charge is 2.20. The monoisotopic (exact) mass is 255 g/mol. The van der Waals surface area contributed by atoms with E-state index in [1.54, 1.807) is 23.9 Å². The van der Waals surface area contributed by atoms with Crippen LogP contribution in [-0.2, 0) is 4.74 Å². The van der Waals surface area contributed by atoms with Crippen LogP contribution in [0.3, 0.4) is 0 Å². The molecule has 0 spiro atoms. The fraction of sp³-hybridized carbons (Fsp3) is 0.538. The largest absolute Gasteiger partial charge is 0.381 e. The zero-order valence-corrected chi connectivity index (χ0v) is 10.6. The number of hydrogen-bond donors (Lipinski definition) is 1. The predicted octanol–water partition coefficient (Wildman–Crippen LogP) is 2.67. The molecular weight excluding hydrogens is 237 g/mol. The van der Waals surface area contributed by atoms with Crippen LogP contribution in [0.2, 0.25) is 0 Å². The maximum Gasteiger partial charge on any atom is 0.123 e. The fourth-order valence-corrected chi connectivity index (χ4v) is 2.95. The number of benzene rings is 1. The van der Waals surface area contributed by atoms with Gasteiger partial charge in [0.1, 0.15) is 5.82 Å². The van der Waals surface area contributed by atoms with Gasteiger partial charge in [-0.15, -0.1) is 11.8 Å². The van der Waals surface area contributed by atoms with E-state index in [1.807, 2.05) is 0 Å². The third-order valence-electron chi connectivity index (χ3n) is 3.06. The minimum absolute atomic E-state index is 0.158. The molecule has 0 aliphatic carbocycles. The van der Waals surface area contributed by atoms with Crippen molar-refractivity contribution < 1.29 is 9.13 Å². The lowest BCUT2D eigenvalue weighted by atomic mass is 9.96. The molecule has 1 aromatic carbocycles. The Balaban J connectivity index is 1.78. The van der Waals surface area contributed by atoms with Crippen molar-refractivity contribution in [3.8, 4) is 0 Å². The molecule has 2 nitrogen and oxygen atoms in total. The summed E-state index contributed by atoms with van der Waals surface area (Å²) in [6.45, 7) is 1.65. The molecule has 4 heteroatoms. The zero-order valence-electron chi connectivity index (χ0n) is 9.77. The molecule has 0 radical (unpaired) electrons. The number of ether oxygens (including phenoxy) is 1. The van der Waals surface area contributed by atoms with Gasteiger partial charge in [-0.25, -0.2) is 4.39 Å². The zero-order chi connectivity index (χ0) is 12.1. The van der Waals surface area contributed by atoms with Crippen LogP contribution < -0.4 is 5.73 Å². The summed E-state index contributed by atoms with van der Waals surface area (Å²) in [5, 5.41) is 0. The molecule has 2 unspecified atom stereocenters. The first kappa shape index (κ1) is 12.9. The summed E-state index contributed by atoms with van der Waals surface area (Å²) in [6.07, 6.45) is 2.27. The summed E-state index contributed by atoms with van der Waals surface area (Å²) in [4.78, 5) is 1.07. The molecule has 2 N–H and O–H groups in total. The Morgan fingerprint density at radius 1 is 1.41 bits per heavy atom. The molecular formula is C13H18FNOS. The molecule has 0 saturated carbocycles. The van der Waals surface area contributed by atoms with E-state index < -0.39 is 0 Å². The molecule has 0 bridgehead atoms. The first-order chi connectivity index (χ1) is 8.25. The van der Waals surface area contributed by atoms with Crippen LogP contribution in [0, 0.1) is 11.7 Å². The Hall–Kier alpha value is -0.580. The Labute approximate surface area is 106 Å². The van der Waals surface area contributed by atoms with E-state index >= 15 is 0 Å². The van der Waals surface area contributed by atoms with Crippen molar-refractivity contribution in [2.75, 3.05) is 19.0 Å². The minimum Gasteiger partial charge on any atom is -0.381 e. The van der Waals surface area contributed by atoms with E-state index in [2.05, 4.69) is 0 Å². The van der Waals surface area contributed by atoms with Crippen molar-refractivity contribution in [1.29, 1.82) is 0 Å². The molecule has 1 aromatic rings. The van der Waals surface area contributed by atoms with E-state index in [1.165, 1.54) is 12.1 Å². The van der Waals surface area contributed by atoms with Gasteiger partial charge in [-0.05, 0) is 43.0 Å². The summed E-state index contributed by atoms with van der Waals surface area (Å²) in [7, 11) is 0. The minimum atomic E-state index is -0.195. The lowest BCUT2D eigenvalue weighted by Gasteiger charge is -2.27. The second-order valence-electron chi connectivity index (χ2n) is 4.41. The molecule has 1 aliphatic rings. The van der Waals surface area contributed by atoms with Gasteiger partial charge < -0.3 is 10.5 Å². The highest BCUT2D eigenvalue weighted by molar-refractivity contribution is 7.99. The third kappa shape index (κ3) is 3.98. The van der Waals surface area contributed by atoms with Crippen molar-refractivity contribution >= 4 is 11.8 Å². The van der Waals surface area contributed by atoms with E-state index in [0.717, 1.165) is 36.7 Å². The lowest BCUT2D eigenvalue weighted by molar-refractivity contribution is 0.0478. The van der Waals surface area contributed by atoms with Gasteiger partial charge in [0, 0.05) is 23.3 Å². The number of thioether (sulfide) groups is 1. The van der Waals surface area contributed by atoms with E-state index in [-0.39, 0.29) is 11.9 Å². The second kappa shape index (κ2) is 6.38. The van der Waals surface area contributed by atoms with Crippen LogP contribution in [-0.4, -0.2) is 25.0 Å². The average Bonchev–Trinajstić information content (AvgIpc) is 2.39. The number of nitrogens with two attached hydrogens (primary N) is 1. The van der Waals surface area contributed by atoms with Crippen molar-refractivity contribution in [2.45, 2.75) is 23.8 Å². The Morgan fingerprint density at radius 2 is 2.18 bits per heavy atom. The molecule has 2 rings (SSSR count). The Morgan fingerprint density at radius 3 is 2.82 bits per heavy atom. The van der Waals surface area contributed by atoms with Crippen molar-refractivity contribution in [1.82, 2.24) is 0 Å². The number of hydrogen-bond acceptors (Lipinski definition) is 3. The molecule has 1 aliphatic heterocycles. The van der Waals surface area contributed by atoms with E-state index in [4.69, 9.17) is 10.5 Å². The van der Waals surface area contributed by atoms with Crippen LogP contribution in [0.4, 0.5) is 4.39 Å². The Bertz CT molecular complexity index is 338. The first-order valence-electron chi connectivity index (χ1n) is 5.97. The average molecular weight is 255 g/mol. The molecule has 1 heterocycles. The van der Waals surface area contributed by atoms with Crippen molar-refractivity contribution in [3.05, 3.63) is 30.1 Å². The van der Waals surface area contributed by atoms with E-state index in [9.17, 15) is 4.39 Å². The summed E-state index contributed by atoms with van der Waals surface area (Å²) < 4.78 is 18.2. The van der Waals surface area contributed by atoms with Gasteiger partial charge in [0.15, 0.2) is 0 Å². The molecule has 0 amide bonds. The summed E-state index contributed by atoms with van der Waals surface area (Å²) in [5.74, 6) is 1.13. The molecule has 1 fully saturated rings. The van der Waals surface area contributed by atoms with Crippen LogP contribution >= 0.6 is 11.8 Å². The SMILES string of the molecule is NC(CSc1ccc(F)cc1)C1CCCOC1. The molecule has 1 saturated heterocycles. The van der Waals surface area contributed by atoms with Gasteiger partial charge in [0.2, 0.25) is 0 Å². The second-order valence-corrected chi connectivity index (χ2v) is 5.50. The lowest BCUT2D eigenvalue weighted by Crippen LogP contribution is -2.37. The standard InChI is InChI=1S/C13H18FNOS/c14-11-3-5-12(6-4-11)17-9-13(15)10-2-1-7-16-8-10/h3-6,10,13H,1-2,7-9,15H2.